The lowest BCUT2D eigenvalue weighted by Gasteiger charge is -2.56. The molecule has 2 saturated carbocycles. The summed E-state index contributed by atoms with van der Waals surface area (Å²) in [6.07, 6.45) is 13.6. The van der Waals surface area contributed by atoms with Crippen LogP contribution >= 0.6 is 0 Å². The van der Waals surface area contributed by atoms with E-state index in [1.165, 1.54) is 42.9 Å². The van der Waals surface area contributed by atoms with Crippen molar-refractivity contribution in [3.05, 3.63) is 99.7 Å². The molecule has 5 fully saturated rings. The Kier molecular flexibility index (Phi) is 12.9. The number of aromatic amines is 1. The number of hydrogen-bond donors (Lipinski definition) is 4. The van der Waals surface area contributed by atoms with Gasteiger partial charge in [-0.2, -0.15) is 4.98 Å². The number of benzene rings is 3. The lowest BCUT2D eigenvalue weighted by Crippen LogP contribution is -2.54. The van der Waals surface area contributed by atoms with Crippen molar-refractivity contribution in [2.45, 2.75) is 133 Å². The van der Waals surface area contributed by atoms with E-state index in [2.05, 4.69) is 82.1 Å². The number of hydrogen-bond acceptors (Lipinski definition) is 13. The number of ether oxygens (including phenoxy) is 3. The van der Waals surface area contributed by atoms with Crippen LogP contribution in [0.4, 0.5) is 17.1 Å². The summed E-state index contributed by atoms with van der Waals surface area (Å²) in [6.45, 7) is 13.4. The van der Waals surface area contributed by atoms with E-state index in [0.29, 0.717) is 30.3 Å². The van der Waals surface area contributed by atoms with Crippen molar-refractivity contribution in [1.82, 2.24) is 24.9 Å². The summed E-state index contributed by atoms with van der Waals surface area (Å²) >= 11 is 0. The minimum atomic E-state index is -4.68. The molecule has 1 unspecified atom stereocenters. The Morgan fingerprint density at radius 2 is 1.75 bits per heavy atom. The Bertz CT molecular complexity index is 2960. The Balaban J connectivity index is 0.838. The molecule has 2 aliphatic carbocycles. The zero-order valence-corrected chi connectivity index (χ0v) is 42.7. The molecule has 6 aliphatic rings. The maximum absolute atomic E-state index is 14.4. The molecule has 4 aliphatic heterocycles. The quantitative estimate of drug-likeness (QED) is 0.0607. The summed E-state index contributed by atoms with van der Waals surface area (Å²) in [6, 6.07) is 21.1. The number of nitrogens with zero attached hydrogens (tertiary/aromatic N) is 4. The molecule has 2 aromatic heterocycles. The third kappa shape index (κ3) is 9.59. The predicted molar refractivity (Wildman–Crippen MR) is 277 cm³/mol. The number of pyridine rings is 1. The van der Waals surface area contributed by atoms with E-state index in [4.69, 9.17) is 19.2 Å². The normalized spacial score (nSPS) is 23.2. The number of nitro groups is 1. The lowest BCUT2D eigenvalue weighted by molar-refractivity contribution is -0.384. The van der Waals surface area contributed by atoms with Crippen LogP contribution in [0.5, 0.6) is 23.1 Å². The molecule has 0 radical (unpaired) electrons. The van der Waals surface area contributed by atoms with Gasteiger partial charge >= 0.3 is 0 Å². The van der Waals surface area contributed by atoms with Crippen LogP contribution in [-0.4, -0.2) is 91.6 Å². The summed E-state index contributed by atoms with van der Waals surface area (Å²) in [5, 5.41) is 20.0. The highest BCUT2D eigenvalue weighted by Gasteiger charge is 2.50. The standard InChI is InChI=1S/C55H68N8O8S/c1-34(2)41-8-5-6-9-42(41)45-10-7-23-62(45)39-30-55(31-39)19-24-61(25-20-55)38-11-12-43(47(27-38)71-49-26-36-15-21-57-51(36)59-53(49)70-32-37-16-22-56-37)52(64)60-72(67,68)40-28-46(63(65)66)50-48(29-40)69-33-44(58-50)35-13-17-54(3,4)18-14-35/h5-6,8-9,11-12,15,21,26-29,34-35,37,39,44-45,56,58H,7,10,13-14,16-20,22-25,30-33H2,1-4H3,(H,57,59)(H,60,64)/t37-,44-,45?/m1/s1. The Labute approximate surface area is 422 Å². The maximum atomic E-state index is 14.4. The molecular formula is C55H68N8O8S. The van der Waals surface area contributed by atoms with Gasteiger partial charge in [0.1, 0.15) is 24.6 Å². The number of nitrogens with one attached hydrogen (secondary N) is 4. The molecule has 4 N–H and O–H groups in total. The molecule has 11 rings (SSSR count). The largest absolute Gasteiger partial charge is 0.489 e. The fourth-order valence-electron chi connectivity index (χ4n) is 12.5. The molecular weight excluding hydrogens is 933 g/mol. The smallest absolute Gasteiger partial charge is 0.297 e. The number of amides is 1. The van der Waals surface area contributed by atoms with Crippen molar-refractivity contribution in [1.29, 1.82) is 0 Å². The SMILES string of the molecule is CC(C)c1ccccc1C1CCCN1C1CC2(CCN(c3ccc(C(=O)NS(=O)(=O)c4cc5c(c([N+](=O)[O-])c4)N[C@@H](C4CCC(C)(C)CC4)CO5)c(Oc4cc5cc[nH]c5nc4OC[C@H]4CCN4)c3)CC2)C1. The van der Waals surface area contributed by atoms with Gasteiger partial charge in [-0.3, -0.25) is 19.8 Å². The number of fused-ring (bicyclic) bond motifs is 2. The summed E-state index contributed by atoms with van der Waals surface area (Å²) < 4.78 is 49.6. The van der Waals surface area contributed by atoms with Crippen molar-refractivity contribution >= 4 is 44.0 Å². The number of anilines is 2. The van der Waals surface area contributed by atoms with Crippen molar-refractivity contribution in [2.75, 3.05) is 49.6 Å². The molecule has 72 heavy (non-hydrogen) atoms. The highest BCUT2D eigenvalue weighted by molar-refractivity contribution is 7.90. The monoisotopic (exact) mass is 1000 g/mol. The van der Waals surface area contributed by atoms with Crippen molar-refractivity contribution in [2.24, 2.45) is 16.7 Å². The van der Waals surface area contributed by atoms with E-state index in [1.807, 2.05) is 12.1 Å². The number of carbonyl (C=O) groups is 1. The van der Waals surface area contributed by atoms with Crippen LogP contribution in [0.2, 0.25) is 0 Å². The predicted octanol–water partition coefficient (Wildman–Crippen LogP) is 10.2. The molecule has 5 aromatic rings. The van der Waals surface area contributed by atoms with Gasteiger partial charge in [-0.15, -0.1) is 0 Å². The van der Waals surface area contributed by atoms with E-state index in [0.717, 1.165) is 88.3 Å². The summed E-state index contributed by atoms with van der Waals surface area (Å²) in [5.41, 5.74) is 4.55. The van der Waals surface area contributed by atoms with Crippen molar-refractivity contribution in [3.8, 4) is 23.1 Å². The van der Waals surface area contributed by atoms with E-state index < -0.39 is 31.4 Å². The van der Waals surface area contributed by atoms with Crippen LogP contribution in [0.1, 0.15) is 132 Å². The number of sulfonamides is 1. The Morgan fingerprint density at radius 1 is 0.972 bits per heavy atom. The average Bonchev–Trinajstić information content (AvgIpc) is 4.02. The Hall–Kier alpha value is -5.91. The molecule has 3 atom stereocenters. The van der Waals surface area contributed by atoms with Gasteiger partial charge in [-0.25, -0.2) is 13.1 Å². The lowest BCUT2D eigenvalue weighted by atomic mass is 9.59. The van der Waals surface area contributed by atoms with Gasteiger partial charge in [0.25, 0.3) is 27.5 Å². The van der Waals surface area contributed by atoms with Crippen molar-refractivity contribution < 1.29 is 32.3 Å². The summed E-state index contributed by atoms with van der Waals surface area (Å²) in [5.74, 6) is 0.406. The van der Waals surface area contributed by atoms with E-state index >= 15 is 0 Å². The second kappa shape index (κ2) is 19.2. The number of rotatable bonds is 14. The third-order valence-corrected chi connectivity index (χ3v) is 18.3. The van der Waals surface area contributed by atoms with Gasteiger partial charge in [0.15, 0.2) is 17.2 Å². The van der Waals surface area contributed by atoms with Crippen LogP contribution < -0.4 is 34.5 Å². The third-order valence-electron chi connectivity index (χ3n) is 17.0. The highest BCUT2D eigenvalue weighted by atomic mass is 32.2. The van der Waals surface area contributed by atoms with Crippen molar-refractivity contribution in [3.63, 3.8) is 0 Å². The summed E-state index contributed by atoms with van der Waals surface area (Å²) in [7, 11) is -4.68. The molecule has 1 amide bonds. The summed E-state index contributed by atoms with van der Waals surface area (Å²) in [4.78, 5) is 38.8. The number of nitro benzene ring substituents is 1. The first-order valence-corrected chi connectivity index (χ1v) is 27.6. The highest BCUT2D eigenvalue weighted by Crippen LogP contribution is 2.55. The molecule has 1 spiro atoms. The van der Waals surface area contributed by atoms with Crippen LogP contribution in [0.15, 0.2) is 77.8 Å². The molecule has 382 valence electrons. The van der Waals surface area contributed by atoms with Crippen LogP contribution in [0, 0.1) is 26.9 Å². The van der Waals surface area contributed by atoms with Gasteiger partial charge < -0.3 is 34.7 Å². The molecule has 3 saturated heterocycles. The van der Waals surface area contributed by atoms with Crippen LogP contribution in [-0.2, 0) is 10.0 Å². The second-order valence-corrected chi connectivity index (χ2v) is 24.2. The minimum absolute atomic E-state index is 0.0449. The number of carbonyl (C=O) groups excluding carboxylic acids is 1. The number of piperidine rings is 1. The van der Waals surface area contributed by atoms with Gasteiger partial charge in [0.2, 0.25) is 0 Å². The number of H-pyrrole nitrogens is 1. The second-order valence-electron chi connectivity index (χ2n) is 22.5. The Morgan fingerprint density at radius 3 is 2.49 bits per heavy atom. The molecule has 6 heterocycles. The average molecular weight is 1000 g/mol. The fourth-order valence-corrected chi connectivity index (χ4v) is 13.5. The van der Waals surface area contributed by atoms with Gasteiger partial charge in [0.05, 0.1) is 21.4 Å². The van der Waals surface area contributed by atoms with Crippen LogP contribution in [0.3, 0.4) is 0 Å². The maximum Gasteiger partial charge on any atom is 0.297 e. The minimum Gasteiger partial charge on any atom is -0.489 e. The first-order valence-electron chi connectivity index (χ1n) is 26.2. The fraction of sp³-hybridized carbons (Fsp3) is 0.527. The molecule has 0 bridgehead atoms. The van der Waals surface area contributed by atoms with E-state index in [9.17, 15) is 23.3 Å². The van der Waals surface area contributed by atoms with Crippen LogP contribution in [0.25, 0.3) is 11.0 Å². The first kappa shape index (κ1) is 48.4. The molecule has 3 aromatic carbocycles. The van der Waals surface area contributed by atoms with Gasteiger partial charge in [-0.05, 0) is 142 Å². The number of aromatic nitrogens is 2. The van der Waals surface area contributed by atoms with Gasteiger partial charge in [0, 0.05) is 66.7 Å². The zero-order valence-electron chi connectivity index (χ0n) is 41.9. The van der Waals surface area contributed by atoms with Gasteiger partial charge in [-0.1, -0.05) is 52.0 Å². The van der Waals surface area contributed by atoms with E-state index in [-0.39, 0.29) is 69.8 Å². The number of likely N-dealkylation sites (tertiary alicyclic amines) is 1. The molecule has 16 nitrogen and oxygen atoms in total. The molecule has 17 heteroatoms. The first-order chi connectivity index (χ1) is 34.6. The topological polar surface area (TPSA) is 193 Å². The van der Waals surface area contributed by atoms with E-state index in [1.54, 1.807) is 24.4 Å². The zero-order chi connectivity index (χ0) is 49.9.